The first-order valence-corrected chi connectivity index (χ1v) is 12.4. The second-order valence-electron chi connectivity index (χ2n) is 8.41. The van der Waals surface area contributed by atoms with Crippen LogP contribution in [0.1, 0.15) is 17.7 Å². The standard InChI is InChI=1S/C24H21ClFN3O4S/c1-33-23(30)24-13-16-14-27-29(20-7-5-19(26)6-8-20)22(16)11-17(24)9-10-28(15-24)34(31,32)21-4-2-3-18(25)12-21/h2-8,11-12,14H,9-10,13,15H2,1H3/t24-/m0/s1. The number of benzene rings is 2. The lowest BCUT2D eigenvalue weighted by atomic mass is 9.69. The first kappa shape index (κ1) is 22.8. The zero-order valence-electron chi connectivity index (χ0n) is 18.2. The summed E-state index contributed by atoms with van der Waals surface area (Å²) in [4.78, 5) is 13.2. The predicted octanol–water partition coefficient (Wildman–Crippen LogP) is 3.86. The van der Waals surface area contributed by atoms with Crippen molar-refractivity contribution in [3.63, 3.8) is 0 Å². The van der Waals surface area contributed by atoms with Gasteiger partial charge in [-0.25, -0.2) is 17.5 Å². The second-order valence-corrected chi connectivity index (χ2v) is 10.8. The lowest BCUT2D eigenvalue weighted by Gasteiger charge is -2.43. The molecule has 0 unspecified atom stereocenters. The molecule has 3 aromatic rings. The van der Waals surface area contributed by atoms with Gasteiger partial charge in [-0.3, -0.25) is 4.79 Å². The van der Waals surface area contributed by atoms with Crippen LogP contribution in [0.2, 0.25) is 5.02 Å². The van der Waals surface area contributed by atoms with Crippen molar-refractivity contribution in [2.45, 2.75) is 17.7 Å². The molecule has 176 valence electrons. The van der Waals surface area contributed by atoms with Crippen molar-refractivity contribution >= 4 is 33.7 Å². The molecule has 5 rings (SSSR count). The molecule has 1 aromatic heterocycles. The SMILES string of the molecule is COC(=O)[C@]12Cc3cnn(-c4ccc(F)cc4)c3C=C1CCN(S(=O)(=O)c1cccc(Cl)c1)C2. The van der Waals surface area contributed by atoms with E-state index in [2.05, 4.69) is 5.10 Å². The summed E-state index contributed by atoms with van der Waals surface area (Å²) < 4.78 is 48.3. The van der Waals surface area contributed by atoms with E-state index >= 15 is 0 Å². The molecule has 0 saturated carbocycles. The highest BCUT2D eigenvalue weighted by atomic mass is 35.5. The van der Waals surface area contributed by atoms with Crippen LogP contribution < -0.4 is 0 Å². The lowest BCUT2D eigenvalue weighted by molar-refractivity contribution is -0.151. The van der Waals surface area contributed by atoms with Gasteiger partial charge in [0, 0.05) is 18.1 Å². The van der Waals surface area contributed by atoms with Crippen LogP contribution in [-0.4, -0.2) is 48.7 Å². The van der Waals surface area contributed by atoms with Crippen LogP contribution in [0.25, 0.3) is 11.8 Å². The normalized spacial score (nSPS) is 20.3. The van der Waals surface area contributed by atoms with Gasteiger partial charge in [-0.2, -0.15) is 9.40 Å². The molecule has 1 atom stereocenters. The maximum absolute atomic E-state index is 13.4. The predicted molar refractivity (Wildman–Crippen MR) is 124 cm³/mol. The van der Waals surface area contributed by atoms with Gasteiger partial charge in [0.2, 0.25) is 10.0 Å². The second kappa shape index (κ2) is 8.33. The smallest absolute Gasteiger partial charge is 0.317 e. The average molecular weight is 502 g/mol. The van der Waals surface area contributed by atoms with Crippen molar-refractivity contribution in [1.82, 2.24) is 14.1 Å². The minimum atomic E-state index is -3.88. The summed E-state index contributed by atoms with van der Waals surface area (Å²) >= 11 is 6.02. The van der Waals surface area contributed by atoms with Gasteiger partial charge in [-0.05, 0) is 72.5 Å². The van der Waals surface area contributed by atoms with Gasteiger partial charge in [0.1, 0.15) is 11.2 Å². The molecule has 2 aromatic carbocycles. The molecule has 2 heterocycles. The Kier molecular flexibility index (Phi) is 5.58. The van der Waals surface area contributed by atoms with Crippen LogP contribution in [0.3, 0.4) is 0 Å². The quantitative estimate of drug-likeness (QED) is 0.507. The van der Waals surface area contributed by atoms with Gasteiger partial charge >= 0.3 is 5.97 Å². The monoisotopic (exact) mass is 501 g/mol. The largest absolute Gasteiger partial charge is 0.468 e. The molecule has 1 aliphatic carbocycles. The molecule has 0 N–H and O–H groups in total. The molecular weight excluding hydrogens is 481 g/mol. The van der Waals surface area contributed by atoms with E-state index in [1.54, 1.807) is 35.1 Å². The van der Waals surface area contributed by atoms with Crippen molar-refractivity contribution in [2.24, 2.45) is 5.41 Å². The molecular formula is C24H21ClFN3O4S. The molecule has 10 heteroatoms. The highest BCUT2D eigenvalue weighted by Gasteiger charge is 2.51. The van der Waals surface area contributed by atoms with Crippen molar-refractivity contribution in [1.29, 1.82) is 0 Å². The molecule has 0 radical (unpaired) electrons. The van der Waals surface area contributed by atoms with Crippen LogP contribution in [0.15, 0.2) is 65.2 Å². The summed E-state index contributed by atoms with van der Waals surface area (Å²) in [6, 6.07) is 12.1. The Hall–Kier alpha value is -3.01. The highest BCUT2D eigenvalue weighted by Crippen LogP contribution is 2.46. The Balaban J connectivity index is 1.55. The number of aromatic nitrogens is 2. The number of nitrogens with zero attached hydrogens (tertiary/aromatic N) is 3. The van der Waals surface area contributed by atoms with Gasteiger partial charge in [0.15, 0.2) is 0 Å². The molecule has 2 aliphatic rings. The van der Waals surface area contributed by atoms with E-state index in [1.165, 1.54) is 35.7 Å². The molecule has 0 bridgehead atoms. The fourth-order valence-electron chi connectivity index (χ4n) is 4.75. The zero-order valence-corrected chi connectivity index (χ0v) is 19.8. The number of carbonyl (C=O) groups excluding carboxylic acids is 1. The average Bonchev–Trinajstić information content (AvgIpc) is 3.24. The molecule has 1 aliphatic heterocycles. The fraction of sp³-hybridized carbons (Fsp3) is 0.250. The number of halogens is 2. The van der Waals surface area contributed by atoms with E-state index in [1.807, 2.05) is 6.08 Å². The first-order valence-electron chi connectivity index (χ1n) is 10.6. The molecule has 7 nitrogen and oxygen atoms in total. The van der Waals surface area contributed by atoms with E-state index in [0.717, 1.165) is 16.8 Å². The fourth-order valence-corrected chi connectivity index (χ4v) is 6.55. The Morgan fingerprint density at radius 2 is 1.97 bits per heavy atom. The van der Waals surface area contributed by atoms with Gasteiger partial charge in [0.05, 0.1) is 29.6 Å². The minimum Gasteiger partial charge on any atom is -0.468 e. The van der Waals surface area contributed by atoms with Crippen LogP contribution >= 0.6 is 11.6 Å². The van der Waals surface area contributed by atoms with E-state index in [4.69, 9.17) is 16.3 Å². The maximum Gasteiger partial charge on any atom is 0.317 e. The first-order chi connectivity index (χ1) is 16.2. The van der Waals surface area contributed by atoms with Gasteiger partial charge < -0.3 is 4.74 Å². The van der Waals surface area contributed by atoms with Gasteiger partial charge in [0.25, 0.3) is 0 Å². The topological polar surface area (TPSA) is 81.5 Å². The summed E-state index contributed by atoms with van der Waals surface area (Å²) in [6.45, 7) is 0.154. The van der Waals surface area contributed by atoms with Gasteiger partial charge in [-0.1, -0.05) is 17.7 Å². The number of carbonyl (C=O) groups is 1. The van der Waals surface area contributed by atoms with Crippen LogP contribution in [-0.2, 0) is 26.0 Å². The molecule has 0 spiro atoms. The molecule has 34 heavy (non-hydrogen) atoms. The third-order valence-corrected chi connectivity index (χ3v) is 8.54. The molecule has 0 amide bonds. The maximum atomic E-state index is 13.4. The van der Waals surface area contributed by atoms with Gasteiger partial charge in [-0.15, -0.1) is 0 Å². The summed E-state index contributed by atoms with van der Waals surface area (Å²) in [5, 5.41) is 4.76. The van der Waals surface area contributed by atoms with E-state index in [0.29, 0.717) is 17.1 Å². The number of piperidine rings is 1. The summed E-state index contributed by atoms with van der Waals surface area (Å²) in [6.07, 6.45) is 4.13. The number of hydrogen-bond acceptors (Lipinski definition) is 5. The Morgan fingerprint density at radius 3 is 2.68 bits per heavy atom. The summed E-state index contributed by atoms with van der Waals surface area (Å²) in [5.41, 5.74) is 1.87. The third kappa shape index (κ3) is 3.64. The Bertz CT molecular complexity index is 1420. The number of hydrogen-bond donors (Lipinski definition) is 0. The van der Waals surface area contributed by atoms with E-state index < -0.39 is 21.4 Å². The molecule has 1 fully saturated rings. The van der Waals surface area contributed by atoms with Crippen LogP contribution in [0, 0.1) is 11.2 Å². The lowest BCUT2D eigenvalue weighted by Crippen LogP contribution is -2.53. The highest BCUT2D eigenvalue weighted by molar-refractivity contribution is 7.89. The summed E-state index contributed by atoms with van der Waals surface area (Å²) in [7, 11) is -2.57. The summed E-state index contributed by atoms with van der Waals surface area (Å²) in [5.74, 6) is -0.842. The van der Waals surface area contributed by atoms with Crippen LogP contribution in [0.4, 0.5) is 4.39 Å². The minimum absolute atomic E-state index is 0.0540. The number of esters is 1. The van der Waals surface area contributed by atoms with Crippen molar-refractivity contribution < 1.29 is 22.3 Å². The van der Waals surface area contributed by atoms with Crippen molar-refractivity contribution in [3.05, 3.63) is 82.4 Å². The Labute approximate surface area is 201 Å². The van der Waals surface area contributed by atoms with Crippen LogP contribution in [0.5, 0.6) is 0 Å². The number of fused-ring (bicyclic) bond motifs is 2. The third-order valence-electron chi connectivity index (χ3n) is 6.46. The Morgan fingerprint density at radius 1 is 1.21 bits per heavy atom. The zero-order chi connectivity index (χ0) is 24.1. The number of methoxy groups -OCH3 is 1. The number of sulfonamides is 1. The molecule has 1 saturated heterocycles. The van der Waals surface area contributed by atoms with E-state index in [9.17, 15) is 17.6 Å². The van der Waals surface area contributed by atoms with E-state index in [-0.39, 0.29) is 30.2 Å². The van der Waals surface area contributed by atoms with Crippen molar-refractivity contribution in [3.8, 4) is 5.69 Å². The number of ether oxygens (including phenoxy) is 1. The van der Waals surface area contributed by atoms with Crippen molar-refractivity contribution in [2.75, 3.05) is 20.2 Å². The number of rotatable bonds is 4.